The number of likely N-dealkylation sites (tertiary alicyclic amines) is 1. The number of nitrogens with zero attached hydrogens (tertiary/aromatic N) is 1. The number of thiocarbonyl (C=S) groups is 1. The van der Waals surface area contributed by atoms with Gasteiger partial charge in [-0.1, -0.05) is 12.2 Å². The lowest BCUT2D eigenvalue weighted by Crippen LogP contribution is -2.50. The van der Waals surface area contributed by atoms with Crippen molar-refractivity contribution < 1.29 is 9.21 Å². The monoisotopic (exact) mass is 298 g/mol. The molecule has 0 aromatic carbocycles. The van der Waals surface area contributed by atoms with E-state index in [2.05, 4.69) is 0 Å². The molecule has 4 nitrogen and oxygen atoms in total. The van der Waals surface area contributed by atoms with Gasteiger partial charge < -0.3 is 15.1 Å². The molecular formula is C13H18N2O2S2. The quantitative estimate of drug-likeness (QED) is 0.867. The number of aryl methyl sites for hydroxylation is 1. The van der Waals surface area contributed by atoms with Crippen molar-refractivity contribution >= 4 is 34.9 Å². The fourth-order valence-corrected chi connectivity index (χ4v) is 3.65. The molecule has 2 N–H and O–H groups in total. The summed E-state index contributed by atoms with van der Waals surface area (Å²) in [7, 11) is 0. The second kappa shape index (κ2) is 5.54. The van der Waals surface area contributed by atoms with Crippen LogP contribution >= 0.6 is 24.0 Å². The van der Waals surface area contributed by atoms with Gasteiger partial charge >= 0.3 is 0 Å². The van der Waals surface area contributed by atoms with E-state index in [1.54, 1.807) is 31.0 Å². The molecule has 2 rings (SSSR count). The fourth-order valence-electron chi connectivity index (χ4n) is 2.40. The standard InChI is InChI=1S/C13H18N2O2S2/c1-9-10(3-8-17-9)11(16)15-6-4-13(19-2,5-7-15)12(14)18/h3,8H,4-7H2,1-2H3,(H2,14,18). The fraction of sp³-hybridized carbons (Fsp3) is 0.538. The smallest absolute Gasteiger partial charge is 0.257 e. The number of nitrogens with two attached hydrogens (primary N) is 1. The first-order valence-corrected chi connectivity index (χ1v) is 7.82. The van der Waals surface area contributed by atoms with E-state index in [9.17, 15) is 4.79 Å². The molecule has 0 aliphatic carbocycles. The van der Waals surface area contributed by atoms with Crippen molar-refractivity contribution in [3.05, 3.63) is 23.7 Å². The van der Waals surface area contributed by atoms with Gasteiger partial charge in [-0.15, -0.1) is 0 Å². The highest BCUT2D eigenvalue weighted by molar-refractivity contribution is 8.02. The second-order valence-corrected chi connectivity index (χ2v) is 6.37. The summed E-state index contributed by atoms with van der Waals surface area (Å²) in [6.45, 7) is 3.17. The number of carbonyl (C=O) groups excluding carboxylic acids is 1. The molecule has 104 valence electrons. The highest BCUT2D eigenvalue weighted by Crippen LogP contribution is 2.35. The minimum Gasteiger partial charge on any atom is -0.469 e. The van der Waals surface area contributed by atoms with Crippen LogP contribution < -0.4 is 5.73 Å². The largest absolute Gasteiger partial charge is 0.469 e. The van der Waals surface area contributed by atoms with E-state index in [-0.39, 0.29) is 10.7 Å². The number of hydrogen-bond acceptors (Lipinski definition) is 4. The lowest BCUT2D eigenvalue weighted by Gasteiger charge is -2.40. The zero-order valence-electron chi connectivity index (χ0n) is 11.1. The van der Waals surface area contributed by atoms with Gasteiger partial charge in [-0.05, 0) is 32.1 Å². The number of hydrogen-bond donors (Lipinski definition) is 1. The maximum Gasteiger partial charge on any atom is 0.257 e. The Morgan fingerprint density at radius 3 is 2.58 bits per heavy atom. The average molecular weight is 298 g/mol. The van der Waals surface area contributed by atoms with Crippen LogP contribution in [0.1, 0.15) is 29.0 Å². The van der Waals surface area contributed by atoms with Gasteiger partial charge in [-0.3, -0.25) is 4.79 Å². The molecule has 0 spiro atoms. The van der Waals surface area contributed by atoms with Crippen molar-refractivity contribution in [1.29, 1.82) is 0 Å². The molecule has 1 aliphatic heterocycles. The zero-order valence-corrected chi connectivity index (χ0v) is 12.8. The first kappa shape index (κ1) is 14.4. The topological polar surface area (TPSA) is 59.5 Å². The van der Waals surface area contributed by atoms with Crippen molar-refractivity contribution in [2.24, 2.45) is 5.73 Å². The van der Waals surface area contributed by atoms with Gasteiger partial charge in [0, 0.05) is 13.1 Å². The Bertz CT molecular complexity index is 491. The Hall–Kier alpha value is -1.01. The first-order chi connectivity index (χ1) is 9.00. The van der Waals surface area contributed by atoms with E-state index in [0.29, 0.717) is 29.4 Å². The number of thioether (sulfide) groups is 1. The third-order valence-corrected chi connectivity index (χ3v) is 5.72. The minimum atomic E-state index is -0.155. The van der Waals surface area contributed by atoms with Crippen molar-refractivity contribution in [3.8, 4) is 0 Å². The highest BCUT2D eigenvalue weighted by atomic mass is 32.2. The zero-order chi connectivity index (χ0) is 14.0. The van der Waals surface area contributed by atoms with Crippen LogP contribution in [0.5, 0.6) is 0 Å². The molecule has 0 atom stereocenters. The summed E-state index contributed by atoms with van der Waals surface area (Å²) in [5, 5.41) is 0. The van der Waals surface area contributed by atoms with Crippen molar-refractivity contribution in [2.75, 3.05) is 19.3 Å². The van der Waals surface area contributed by atoms with E-state index >= 15 is 0 Å². The molecule has 6 heteroatoms. The van der Waals surface area contributed by atoms with Crippen LogP contribution in [0.25, 0.3) is 0 Å². The maximum atomic E-state index is 12.3. The second-order valence-electron chi connectivity index (χ2n) is 4.75. The van der Waals surface area contributed by atoms with Crippen molar-refractivity contribution in [1.82, 2.24) is 4.90 Å². The Morgan fingerprint density at radius 1 is 1.53 bits per heavy atom. The van der Waals surface area contributed by atoms with E-state index in [4.69, 9.17) is 22.4 Å². The van der Waals surface area contributed by atoms with Gasteiger partial charge in [0.05, 0.1) is 21.6 Å². The van der Waals surface area contributed by atoms with E-state index < -0.39 is 0 Å². The molecule has 0 unspecified atom stereocenters. The van der Waals surface area contributed by atoms with Gasteiger partial charge in [0.25, 0.3) is 5.91 Å². The van der Waals surface area contributed by atoms with Crippen LogP contribution in [0.15, 0.2) is 16.7 Å². The average Bonchev–Trinajstić information content (AvgIpc) is 2.84. The summed E-state index contributed by atoms with van der Waals surface area (Å²) in [5.74, 6) is 0.699. The summed E-state index contributed by atoms with van der Waals surface area (Å²) in [6.07, 6.45) is 5.20. The van der Waals surface area contributed by atoms with Crippen LogP contribution in [-0.2, 0) is 0 Å². The molecule has 2 heterocycles. The molecular weight excluding hydrogens is 280 g/mol. The molecule has 1 saturated heterocycles. The normalized spacial score (nSPS) is 18.3. The summed E-state index contributed by atoms with van der Waals surface area (Å²) >= 11 is 6.86. The summed E-state index contributed by atoms with van der Waals surface area (Å²) < 4.78 is 5.03. The first-order valence-electron chi connectivity index (χ1n) is 6.18. The number of rotatable bonds is 3. The predicted octanol–water partition coefficient (Wildman–Crippen LogP) is 2.21. The third kappa shape index (κ3) is 2.65. The van der Waals surface area contributed by atoms with Gasteiger partial charge in [0.1, 0.15) is 5.76 Å². The lowest BCUT2D eigenvalue weighted by molar-refractivity contribution is 0.0717. The van der Waals surface area contributed by atoms with Gasteiger partial charge in [-0.25, -0.2) is 0 Å². The molecule has 0 saturated carbocycles. The molecule has 1 aromatic rings. The van der Waals surface area contributed by atoms with Crippen LogP contribution in [-0.4, -0.2) is 39.9 Å². The van der Waals surface area contributed by atoms with Gasteiger partial charge in [-0.2, -0.15) is 11.8 Å². The van der Waals surface area contributed by atoms with Crippen molar-refractivity contribution in [2.45, 2.75) is 24.5 Å². The Kier molecular flexibility index (Phi) is 4.20. The molecule has 0 bridgehead atoms. The molecule has 1 aliphatic rings. The molecule has 0 radical (unpaired) electrons. The Balaban J connectivity index is 2.06. The predicted molar refractivity (Wildman–Crippen MR) is 81.6 cm³/mol. The summed E-state index contributed by atoms with van der Waals surface area (Å²) in [4.78, 5) is 14.7. The van der Waals surface area contributed by atoms with Crippen molar-refractivity contribution in [3.63, 3.8) is 0 Å². The maximum absolute atomic E-state index is 12.3. The van der Waals surface area contributed by atoms with Crippen LogP contribution in [0.4, 0.5) is 0 Å². The molecule has 1 amide bonds. The highest BCUT2D eigenvalue weighted by Gasteiger charge is 2.38. The van der Waals surface area contributed by atoms with Crippen LogP contribution in [0, 0.1) is 6.92 Å². The number of amides is 1. The van der Waals surface area contributed by atoms with E-state index in [1.165, 1.54) is 0 Å². The number of furan rings is 1. The minimum absolute atomic E-state index is 0.0314. The Labute approximate surface area is 122 Å². The van der Waals surface area contributed by atoms with E-state index in [0.717, 1.165) is 12.8 Å². The third-order valence-electron chi connectivity index (χ3n) is 3.79. The molecule has 1 aromatic heterocycles. The number of carbonyl (C=O) groups is 1. The van der Waals surface area contributed by atoms with Crippen LogP contribution in [0.2, 0.25) is 0 Å². The summed E-state index contributed by atoms with van der Waals surface area (Å²) in [6, 6.07) is 1.72. The lowest BCUT2D eigenvalue weighted by atomic mass is 9.95. The number of piperidine rings is 1. The molecule has 19 heavy (non-hydrogen) atoms. The Morgan fingerprint density at radius 2 is 2.16 bits per heavy atom. The van der Waals surface area contributed by atoms with Crippen LogP contribution in [0.3, 0.4) is 0 Å². The van der Waals surface area contributed by atoms with E-state index in [1.807, 2.05) is 11.2 Å². The summed E-state index contributed by atoms with van der Waals surface area (Å²) in [5.41, 5.74) is 6.49. The SMILES string of the molecule is CSC1(C(N)=S)CCN(C(=O)c2ccoc2C)CC1. The molecule has 1 fully saturated rings. The van der Waals surface area contributed by atoms with Gasteiger partial charge in [0.15, 0.2) is 0 Å². The van der Waals surface area contributed by atoms with Gasteiger partial charge in [0.2, 0.25) is 0 Å².